The lowest BCUT2D eigenvalue weighted by Crippen LogP contribution is -2.43. The van der Waals surface area contributed by atoms with Crippen LogP contribution in [-0.2, 0) is 15.1 Å². The number of hydrogen-bond donors (Lipinski definition) is 1. The van der Waals surface area contributed by atoms with Crippen LogP contribution in [0.5, 0.6) is 0 Å². The highest BCUT2D eigenvalue weighted by atomic mass is 16.5. The molecule has 0 saturated heterocycles. The summed E-state index contributed by atoms with van der Waals surface area (Å²) in [6, 6.07) is 16.7. The first-order valence-electron chi connectivity index (χ1n) is 7.25. The van der Waals surface area contributed by atoms with E-state index in [1.54, 1.807) is 0 Å². The van der Waals surface area contributed by atoms with Gasteiger partial charge in [-0.3, -0.25) is 10.1 Å². The zero-order chi connectivity index (χ0) is 14.6. The number of esters is 1. The van der Waals surface area contributed by atoms with Gasteiger partial charge in [0.05, 0.1) is 11.6 Å². The first-order chi connectivity index (χ1) is 10.1. The van der Waals surface area contributed by atoms with Crippen LogP contribution in [0, 0.1) is 0 Å². The molecule has 2 aliphatic heterocycles. The van der Waals surface area contributed by atoms with Crippen LogP contribution in [0.3, 0.4) is 0 Å². The summed E-state index contributed by atoms with van der Waals surface area (Å²) in [6.45, 7) is 3.67. The second-order valence-electron chi connectivity index (χ2n) is 5.95. The zero-order valence-electron chi connectivity index (χ0n) is 12.1. The fourth-order valence-corrected chi connectivity index (χ4v) is 3.84. The summed E-state index contributed by atoms with van der Waals surface area (Å²) in [5.41, 5.74) is 4.58. The molecule has 0 saturated carbocycles. The highest BCUT2D eigenvalue weighted by Gasteiger charge is 2.50. The minimum Gasteiger partial charge on any atom is -0.456 e. The predicted octanol–water partition coefficient (Wildman–Crippen LogP) is 3.21. The Balaban J connectivity index is 1.98. The van der Waals surface area contributed by atoms with Crippen molar-refractivity contribution in [2.45, 2.75) is 31.5 Å². The standard InChI is InChI=1S/C18H17NO2/c1-11(20)21-17-13-8-4-6-10-15(13)18(2)14-9-5-3-7-12(14)16(17)19-18/h3-10,16-17,19H,1-2H3. The highest BCUT2D eigenvalue weighted by Crippen LogP contribution is 2.53. The van der Waals surface area contributed by atoms with Gasteiger partial charge in [0.2, 0.25) is 0 Å². The van der Waals surface area contributed by atoms with Crippen molar-refractivity contribution in [3.63, 3.8) is 0 Å². The van der Waals surface area contributed by atoms with Gasteiger partial charge in [-0.1, -0.05) is 48.5 Å². The van der Waals surface area contributed by atoms with Crippen molar-refractivity contribution in [1.82, 2.24) is 5.32 Å². The monoisotopic (exact) mass is 279 g/mol. The molecular weight excluding hydrogens is 262 g/mol. The molecule has 2 aromatic carbocycles. The fraction of sp³-hybridized carbons (Fsp3) is 0.278. The van der Waals surface area contributed by atoms with Gasteiger partial charge >= 0.3 is 5.97 Å². The van der Waals surface area contributed by atoms with Gasteiger partial charge < -0.3 is 4.74 Å². The van der Waals surface area contributed by atoms with Crippen molar-refractivity contribution >= 4 is 5.97 Å². The molecule has 3 atom stereocenters. The molecule has 2 aliphatic rings. The largest absolute Gasteiger partial charge is 0.456 e. The number of nitrogens with one attached hydrogen (secondary N) is 1. The maximum absolute atomic E-state index is 11.5. The summed E-state index contributed by atoms with van der Waals surface area (Å²) >= 11 is 0. The topological polar surface area (TPSA) is 38.3 Å². The Kier molecular flexibility index (Phi) is 2.51. The van der Waals surface area contributed by atoms with Crippen LogP contribution in [0.2, 0.25) is 0 Å². The molecule has 3 unspecified atom stereocenters. The lowest BCUT2D eigenvalue weighted by Gasteiger charge is -2.38. The molecule has 21 heavy (non-hydrogen) atoms. The molecule has 0 amide bonds. The Morgan fingerprint density at radius 3 is 2.29 bits per heavy atom. The van der Waals surface area contributed by atoms with Crippen molar-refractivity contribution in [1.29, 1.82) is 0 Å². The molecule has 0 fully saturated rings. The lowest BCUT2D eigenvalue weighted by molar-refractivity contribution is -0.149. The molecule has 106 valence electrons. The van der Waals surface area contributed by atoms with Crippen molar-refractivity contribution in [3.8, 4) is 0 Å². The molecule has 2 bridgehead atoms. The van der Waals surface area contributed by atoms with Gasteiger partial charge in [0.15, 0.2) is 0 Å². The zero-order valence-corrected chi connectivity index (χ0v) is 12.1. The van der Waals surface area contributed by atoms with Crippen molar-refractivity contribution in [3.05, 3.63) is 70.8 Å². The molecule has 0 radical (unpaired) electrons. The number of benzene rings is 2. The number of rotatable bonds is 1. The molecule has 0 aliphatic carbocycles. The second-order valence-corrected chi connectivity index (χ2v) is 5.95. The molecule has 0 spiro atoms. The summed E-state index contributed by atoms with van der Waals surface area (Å²) in [7, 11) is 0. The summed E-state index contributed by atoms with van der Waals surface area (Å²) < 4.78 is 5.65. The van der Waals surface area contributed by atoms with Gasteiger partial charge in [0.1, 0.15) is 6.10 Å². The Morgan fingerprint density at radius 1 is 1.05 bits per heavy atom. The first-order valence-corrected chi connectivity index (χ1v) is 7.25. The third-order valence-electron chi connectivity index (χ3n) is 4.68. The van der Waals surface area contributed by atoms with Crippen LogP contribution in [-0.4, -0.2) is 5.97 Å². The van der Waals surface area contributed by atoms with E-state index in [2.05, 4.69) is 42.6 Å². The van der Waals surface area contributed by atoms with E-state index in [1.165, 1.54) is 23.6 Å². The second kappa shape index (κ2) is 4.18. The number of carbonyl (C=O) groups excluding carboxylic acids is 1. The maximum Gasteiger partial charge on any atom is 0.303 e. The fourth-order valence-electron chi connectivity index (χ4n) is 3.84. The smallest absolute Gasteiger partial charge is 0.303 e. The van der Waals surface area contributed by atoms with Crippen LogP contribution in [0.1, 0.15) is 48.2 Å². The van der Waals surface area contributed by atoms with E-state index in [9.17, 15) is 4.79 Å². The van der Waals surface area contributed by atoms with Gasteiger partial charge in [-0.2, -0.15) is 0 Å². The van der Waals surface area contributed by atoms with Crippen molar-refractivity contribution in [2.24, 2.45) is 0 Å². The average molecular weight is 279 g/mol. The minimum absolute atomic E-state index is 0.0185. The molecule has 2 heterocycles. The SMILES string of the molecule is CC(=O)OC1c2ccccc2C2(C)NC1c1ccccc12. The van der Waals surface area contributed by atoms with Gasteiger partial charge in [0, 0.05) is 6.92 Å². The molecule has 3 heteroatoms. The Hall–Kier alpha value is -2.13. The molecular formula is C18H17NO2. The molecule has 3 nitrogen and oxygen atoms in total. The Bertz CT molecular complexity index is 740. The Morgan fingerprint density at radius 2 is 1.62 bits per heavy atom. The van der Waals surface area contributed by atoms with E-state index >= 15 is 0 Å². The van der Waals surface area contributed by atoms with Crippen LogP contribution in [0.15, 0.2) is 48.5 Å². The summed E-state index contributed by atoms with van der Waals surface area (Å²) in [5, 5.41) is 3.67. The first kappa shape index (κ1) is 12.6. The summed E-state index contributed by atoms with van der Waals surface area (Å²) in [4.78, 5) is 11.5. The highest BCUT2D eigenvalue weighted by molar-refractivity contribution is 5.67. The van der Waals surface area contributed by atoms with E-state index in [-0.39, 0.29) is 23.7 Å². The lowest BCUT2D eigenvalue weighted by atomic mass is 9.81. The number of fused-ring (bicyclic) bond motifs is 7. The van der Waals surface area contributed by atoms with Crippen LogP contribution in [0.4, 0.5) is 0 Å². The van der Waals surface area contributed by atoms with Gasteiger partial charge in [-0.05, 0) is 29.2 Å². The third-order valence-corrected chi connectivity index (χ3v) is 4.68. The molecule has 1 N–H and O–H groups in total. The molecule has 4 rings (SSSR count). The van der Waals surface area contributed by atoms with E-state index < -0.39 is 0 Å². The average Bonchev–Trinajstić information content (AvgIpc) is 2.76. The van der Waals surface area contributed by atoms with Gasteiger partial charge in [0.25, 0.3) is 0 Å². The number of hydrogen-bond acceptors (Lipinski definition) is 3. The predicted molar refractivity (Wildman–Crippen MR) is 79.7 cm³/mol. The van der Waals surface area contributed by atoms with Crippen molar-refractivity contribution in [2.75, 3.05) is 0 Å². The van der Waals surface area contributed by atoms with Crippen LogP contribution in [0.25, 0.3) is 0 Å². The third kappa shape index (κ3) is 1.61. The van der Waals surface area contributed by atoms with Crippen LogP contribution >= 0.6 is 0 Å². The normalized spacial score (nSPS) is 28.7. The van der Waals surface area contributed by atoms with Crippen LogP contribution < -0.4 is 5.32 Å². The maximum atomic E-state index is 11.5. The quantitative estimate of drug-likeness (QED) is 0.815. The summed E-state index contributed by atoms with van der Waals surface area (Å²) in [5.74, 6) is -0.246. The summed E-state index contributed by atoms with van der Waals surface area (Å²) in [6.07, 6.45) is -0.268. The van der Waals surface area contributed by atoms with E-state index in [1.807, 2.05) is 18.2 Å². The van der Waals surface area contributed by atoms with Gasteiger partial charge in [-0.15, -0.1) is 0 Å². The minimum atomic E-state index is -0.268. The Labute approximate surface area is 123 Å². The number of carbonyl (C=O) groups is 1. The van der Waals surface area contributed by atoms with Crippen molar-refractivity contribution < 1.29 is 9.53 Å². The molecule has 0 aromatic heterocycles. The number of ether oxygens (including phenoxy) is 1. The van der Waals surface area contributed by atoms with Gasteiger partial charge in [-0.25, -0.2) is 0 Å². The molecule has 2 aromatic rings. The van der Waals surface area contributed by atoms with E-state index in [0.717, 1.165) is 5.56 Å². The van der Waals surface area contributed by atoms with E-state index in [4.69, 9.17) is 4.74 Å². The van der Waals surface area contributed by atoms with E-state index in [0.29, 0.717) is 0 Å².